The molecule has 2 rings (SSSR count). The van der Waals surface area contributed by atoms with Gasteiger partial charge in [0.2, 0.25) is 0 Å². The van der Waals surface area contributed by atoms with E-state index in [0.717, 1.165) is 31.7 Å². The minimum Gasteiger partial charge on any atom is -0.495 e. The zero-order valence-corrected chi connectivity index (χ0v) is 13.1. The quantitative estimate of drug-likeness (QED) is 0.826. The number of ether oxygens (including phenoxy) is 2. The van der Waals surface area contributed by atoms with E-state index in [1.54, 1.807) is 7.11 Å². The van der Waals surface area contributed by atoms with Crippen LogP contribution < -0.4 is 10.1 Å². The molecular weight excluding hydrogens is 274 g/mol. The van der Waals surface area contributed by atoms with Crippen molar-refractivity contribution in [1.82, 2.24) is 5.32 Å². The van der Waals surface area contributed by atoms with Crippen LogP contribution >= 0.6 is 11.6 Å². The van der Waals surface area contributed by atoms with Crippen LogP contribution in [-0.4, -0.2) is 26.4 Å². The first-order chi connectivity index (χ1) is 9.74. The van der Waals surface area contributed by atoms with Gasteiger partial charge < -0.3 is 14.8 Å². The Hall–Kier alpha value is -0.770. The maximum absolute atomic E-state index is 6.09. The topological polar surface area (TPSA) is 30.5 Å². The van der Waals surface area contributed by atoms with Crippen LogP contribution in [-0.2, 0) is 4.74 Å². The summed E-state index contributed by atoms with van der Waals surface area (Å²) < 4.78 is 11.0. The number of methoxy groups -OCH3 is 1. The van der Waals surface area contributed by atoms with Crippen LogP contribution in [0.2, 0.25) is 5.02 Å². The van der Waals surface area contributed by atoms with Crippen LogP contribution in [0.15, 0.2) is 18.2 Å². The molecule has 1 aromatic carbocycles. The SMILES string of the molecule is CCNC(CCC1CCCO1)c1ccc(Cl)c(OC)c1. The molecule has 4 heteroatoms. The van der Waals surface area contributed by atoms with Crippen molar-refractivity contribution < 1.29 is 9.47 Å². The highest BCUT2D eigenvalue weighted by atomic mass is 35.5. The molecule has 1 heterocycles. The summed E-state index contributed by atoms with van der Waals surface area (Å²) in [4.78, 5) is 0. The highest BCUT2D eigenvalue weighted by molar-refractivity contribution is 6.32. The fourth-order valence-corrected chi connectivity index (χ4v) is 2.95. The molecule has 112 valence electrons. The van der Waals surface area contributed by atoms with Crippen molar-refractivity contribution in [1.29, 1.82) is 0 Å². The zero-order valence-electron chi connectivity index (χ0n) is 12.3. The Morgan fingerprint density at radius 1 is 1.50 bits per heavy atom. The molecule has 0 aromatic heterocycles. The van der Waals surface area contributed by atoms with Gasteiger partial charge in [0.1, 0.15) is 5.75 Å². The Bertz CT molecular complexity index is 419. The van der Waals surface area contributed by atoms with Crippen molar-refractivity contribution in [3.05, 3.63) is 28.8 Å². The average molecular weight is 298 g/mol. The number of benzene rings is 1. The molecule has 1 N–H and O–H groups in total. The summed E-state index contributed by atoms with van der Waals surface area (Å²) >= 11 is 6.09. The van der Waals surface area contributed by atoms with E-state index in [2.05, 4.69) is 18.3 Å². The lowest BCUT2D eigenvalue weighted by Crippen LogP contribution is -2.22. The third-order valence-electron chi connectivity index (χ3n) is 3.83. The molecular formula is C16H24ClNO2. The highest BCUT2D eigenvalue weighted by Crippen LogP contribution is 2.30. The predicted octanol–water partition coefficient (Wildman–Crippen LogP) is 3.96. The molecule has 1 fully saturated rings. The summed E-state index contributed by atoms with van der Waals surface area (Å²) in [5, 5.41) is 4.20. The van der Waals surface area contributed by atoms with Gasteiger partial charge in [-0.1, -0.05) is 24.6 Å². The van der Waals surface area contributed by atoms with Crippen LogP contribution in [0, 0.1) is 0 Å². The molecule has 3 nitrogen and oxygen atoms in total. The van der Waals surface area contributed by atoms with Gasteiger partial charge in [-0.25, -0.2) is 0 Å². The first-order valence-electron chi connectivity index (χ1n) is 7.43. The Labute approximate surface area is 126 Å². The van der Waals surface area contributed by atoms with Crippen molar-refractivity contribution in [2.24, 2.45) is 0 Å². The molecule has 1 aliphatic rings. The second-order valence-corrected chi connectivity index (χ2v) is 5.62. The van der Waals surface area contributed by atoms with E-state index in [1.807, 2.05) is 12.1 Å². The van der Waals surface area contributed by atoms with E-state index < -0.39 is 0 Å². The lowest BCUT2D eigenvalue weighted by Gasteiger charge is -2.21. The Balaban J connectivity index is 2.02. The number of halogens is 1. The summed E-state index contributed by atoms with van der Waals surface area (Å²) in [5.41, 5.74) is 1.23. The normalized spacial score (nSPS) is 20.1. The van der Waals surface area contributed by atoms with Gasteiger partial charge in [-0.2, -0.15) is 0 Å². The van der Waals surface area contributed by atoms with Crippen LogP contribution in [0.4, 0.5) is 0 Å². The second-order valence-electron chi connectivity index (χ2n) is 5.22. The maximum Gasteiger partial charge on any atom is 0.137 e. The number of nitrogens with one attached hydrogen (secondary N) is 1. The molecule has 1 saturated heterocycles. The van der Waals surface area contributed by atoms with E-state index >= 15 is 0 Å². The Morgan fingerprint density at radius 3 is 3.00 bits per heavy atom. The largest absolute Gasteiger partial charge is 0.495 e. The molecule has 0 aliphatic carbocycles. The smallest absolute Gasteiger partial charge is 0.137 e. The van der Waals surface area contributed by atoms with Gasteiger partial charge in [-0.15, -0.1) is 0 Å². The lowest BCUT2D eigenvalue weighted by atomic mass is 9.99. The van der Waals surface area contributed by atoms with E-state index in [1.165, 1.54) is 18.4 Å². The molecule has 20 heavy (non-hydrogen) atoms. The van der Waals surface area contributed by atoms with E-state index in [9.17, 15) is 0 Å². The molecule has 0 amide bonds. The fourth-order valence-electron chi connectivity index (χ4n) is 2.75. The molecule has 2 atom stereocenters. The van der Waals surface area contributed by atoms with Gasteiger partial charge in [0.15, 0.2) is 0 Å². The monoisotopic (exact) mass is 297 g/mol. The van der Waals surface area contributed by atoms with Gasteiger partial charge in [-0.3, -0.25) is 0 Å². The molecule has 1 aromatic rings. The van der Waals surface area contributed by atoms with Crippen molar-refractivity contribution >= 4 is 11.6 Å². The number of hydrogen-bond acceptors (Lipinski definition) is 3. The third kappa shape index (κ3) is 4.11. The lowest BCUT2D eigenvalue weighted by molar-refractivity contribution is 0.0996. The van der Waals surface area contributed by atoms with Crippen LogP contribution in [0.25, 0.3) is 0 Å². The summed E-state index contributed by atoms with van der Waals surface area (Å²) in [6.07, 6.45) is 5.00. The highest BCUT2D eigenvalue weighted by Gasteiger charge is 2.19. The first kappa shape index (κ1) is 15.6. The van der Waals surface area contributed by atoms with Gasteiger partial charge >= 0.3 is 0 Å². The molecule has 1 aliphatic heterocycles. The summed E-state index contributed by atoms with van der Waals surface area (Å²) in [6, 6.07) is 6.35. The van der Waals surface area contributed by atoms with E-state index in [0.29, 0.717) is 17.2 Å². The van der Waals surface area contributed by atoms with Crippen molar-refractivity contribution in [3.8, 4) is 5.75 Å². The van der Waals surface area contributed by atoms with Crippen molar-refractivity contribution in [2.45, 2.75) is 44.8 Å². The Kier molecular flexibility index (Phi) is 6.14. The van der Waals surface area contributed by atoms with Crippen LogP contribution in [0.5, 0.6) is 5.75 Å². The van der Waals surface area contributed by atoms with Gasteiger partial charge in [-0.05, 0) is 49.9 Å². The van der Waals surface area contributed by atoms with Gasteiger partial charge in [0.05, 0.1) is 18.2 Å². The zero-order chi connectivity index (χ0) is 14.4. The van der Waals surface area contributed by atoms with Gasteiger partial charge in [0, 0.05) is 12.6 Å². The standard InChI is InChI=1S/C16H24ClNO2/c1-3-18-15(9-7-13-5-4-10-20-13)12-6-8-14(17)16(11-12)19-2/h6,8,11,13,15,18H,3-5,7,9-10H2,1-2H3. The van der Waals surface area contributed by atoms with Gasteiger partial charge in [0.25, 0.3) is 0 Å². The van der Waals surface area contributed by atoms with Crippen LogP contribution in [0.1, 0.15) is 44.2 Å². The molecule has 2 unspecified atom stereocenters. The average Bonchev–Trinajstić information content (AvgIpc) is 2.97. The Morgan fingerprint density at radius 2 is 2.35 bits per heavy atom. The number of rotatable bonds is 7. The van der Waals surface area contributed by atoms with E-state index in [4.69, 9.17) is 21.1 Å². The third-order valence-corrected chi connectivity index (χ3v) is 4.14. The molecule has 0 saturated carbocycles. The molecule has 0 bridgehead atoms. The number of hydrogen-bond donors (Lipinski definition) is 1. The minimum absolute atomic E-state index is 0.329. The second kappa shape index (κ2) is 7.87. The molecule has 0 spiro atoms. The first-order valence-corrected chi connectivity index (χ1v) is 7.80. The van der Waals surface area contributed by atoms with E-state index in [-0.39, 0.29) is 0 Å². The predicted molar refractivity (Wildman–Crippen MR) is 82.6 cm³/mol. The van der Waals surface area contributed by atoms with Crippen molar-refractivity contribution in [3.63, 3.8) is 0 Å². The summed E-state index contributed by atoms with van der Waals surface area (Å²) in [5.74, 6) is 0.740. The minimum atomic E-state index is 0.329. The summed E-state index contributed by atoms with van der Waals surface area (Å²) in [7, 11) is 1.65. The summed E-state index contributed by atoms with van der Waals surface area (Å²) in [6.45, 7) is 4.00. The van der Waals surface area contributed by atoms with Crippen LogP contribution in [0.3, 0.4) is 0 Å². The van der Waals surface area contributed by atoms with Crippen molar-refractivity contribution in [2.75, 3.05) is 20.3 Å². The molecule has 0 radical (unpaired) electrons. The maximum atomic E-state index is 6.09. The fraction of sp³-hybridized carbons (Fsp3) is 0.625.